The van der Waals surface area contributed by atoms with Gasteiger partial charge in [0, 0.05) is 5.56 Å². The Morgan fingerprint density at radius 3 is 2.68 bits per heavy atom. The predicted octanol–water partition coefficient (Wildman–Crippen LogP) is 4.31. The summed E-state index contributed by atoms with van der Waals surface area (Å²) in [5.41, 5.74) is 0.630. The number of hydrogen-bond donors (Lipinski definition) is 1. The van der Waals surface area contributed by atoms with Crippen LogP contribution in [0.25, 0.3) is 10.8 Å². The molecule has 0 bridgehead atoms. The summed E-state index contributed by atoms with van der Waals surface area (Å²) in [7, 11) is 0. The summed E-state index contributed by atoms with van der Waals surface area (Å²) in [6.45, 7) is 0. The molecule has 0 spiro atoms. The van der Waals surface area contributed by atoms with E-state index in [1.807, 2.05) is 42.5 Å². The molecule has 0 aliphatic carbocycles. The van der Waals surface area contributed by atoms with Gasteiger partial charge >= 0.3 is 0 Å². The van der Waals surface area contributed by atoms with E-state index in [9.17, 15) is 4.79 Å². The highest BCUT2D eigenvalue weighted by Crippen LogP contribution is 2.24. The van der Waals surface area contributed by atoms with Crippen LogP contribution in [0.15, 0.2) is 52.4 Å². The molecule has 1 amide bonds. The Kier molecular flexibility index (Phi) is 3.31. The van der Waals surface area contributed by atoms with E-state index >= 15 is 0 Å². The molecule has 1 aromatic heterocycles. The lowest BCUT2D eigenvalue weighted by Crippen LogP contribution is -2.11. The number of carbonyl (C=O) groups is 1. The second-order valence-corrected chi connectivity index (χ2v) is 6.40. The van der Waals surface area contributed by atoms with E-state index in [1.54, 1.807) is 6.20 Å². The third-order valence-electron chi connectivity index (χ3n) is 2.71. The largest absolute Gasteiger partial charge is 0.298 e. The topological polar surface area (TPSA) is 42.0 Å². The number of anilines is 1. The van der Waals surface area contributed by atoms with Crippen molar-refractivity contribution in [1.82, 2.24) is 4.98 Å². The van der Waals surface area contributed by atoms with E-state index in [-0.39, 0.29) is 5.91 Å². The SMILES string of the molecule is O=C(Nc1ncc(Br)s1)c1ccc2ccccc2c1. The highest BCUT2D eigenvalue weighted by Gasteiger charge is 2.09. The quantitative estimate of drug-likeness (QED) is 0.759. The average molecular weight is 333 g/mol. The molecule has 3 aromatic rings. The fourth-order valence-corrected chi connectivity index (χ4v) is 2.91. The number of nitrogens with zero attached hydrogens (tertiary/aromatic N) is 1. The molecule has 94 valence electrons. The van der Waals surface area contributed by atoms with Crippen molar-refractivity contribution in [2.24, 2.45) is 0 Å². The van der Waals surface area contributed by atoms with E-state index in [0.717, 1.165) is 14.6 Å². The molecule has 3 rings (SSSR count). The zero-order chi connectivity index (χ0) is 13.2. The summed E-state index contributed by atoms with van der Waals surface area (Å²) >= 11 is 4.70. The van der Waals surface area contributed by atoms with Gasteiger partial charge in [-0.25, -0.2) is 4.98 Å². The normalized spacial score (nSPS) is 10.6. The van der Waals surface area contributed by atoms with Crippen molar-refractivity contribution in [2.75, 3.05) is 5.32 Å². The minimum absolute atomic E-state index is 0.146. The first-order valence-corrected chi connectivity index (χ1v) is 7.25. The van der Waals surface area contributed by atoms with Gasteiger partial charge in [0.25, 0.3) is 5.91 Å². The molecule has 0 fully saturated rings. The summed E-state index contributed by atoms with van der Waals surface area (Å²) in [6, 6.07) is 13.6. The minimum Gasteiger partial charge on any atom is -0.298 e. The van der Waals surface area contributed by atoms with Crippen molar-refractivity contribution in [3.63, 3.8) is 0 Å². The molecule has 0 aliphatic heterocycles. The Labute approximate surface area is 122 Å². The van der Waals surface area contributed by atoms with Gasteiger partial charge in [0.1, 0.15) is 0 Å². The maximum Gasteiger partial charge on any atom is 0.257 e. The molecule has 0 saturated carbocycles. The Hall–Kier alpha value is -1.72. The Balaban J connectivity index is 1.89. The number of rotatable bonds is 2. The summed E-state index contributed by atoms with van der Waals surface area (Å²) in [5.74, 6) is -0.146. The van der Waals surface area contributed by atoms with Crippen LogP contribution in [0, 0.1) is 0 Å². The van der Waals surface area contributed by atoms with Crippen LogP contribution < -0.4 is 5.32 Å². The predicted molar refractivity (Wildman–Crippen MR) is 81.7 cm³/mol. The van der Waals surface area contributed by atoms with Crippen LogP contribution >= 0.6 is 27.3 Å². The van der Waals surface area contributed by atoms with E-state index in [1.165, 1.54) is 11.3 Å². The lowest BCUT2D eigenvalue weighted by Gasteiger charge is -2.03. The lowest BCUT2D eigenvalue weighted by atomic mass is 10.1. The van der Waals surface area contributed by atoms with Crippen LogP contribution in [-0.4, -0.2) is 10.9 Å². The molecule has 2 aromatic carbocycles. The number of halogens is 1. The molecule has 1 heterocycles. The highest BCUT2D eigenvalue weighted by atomic mass is 79.9. The van der Waals surface area contributed by atoms with Gasteiger partial charge < -0.3 is 0 Å². The van der Waals surface area contributed by atoms with Crippen molar-refractivity contribution < 1.29 is 4.79 Å². The maximum absolute atomic E-state index is 12.1. The van der Waals surface area contributed by atoms with Crippen LogP contribution in [0.1, 0.15) is 10.4 Å². The number of thiazole rings is 1. The number of amides is 1. The van der Waals surface area contributed by atoms with Gasteiger partial charge in [0.15, 0.2) is 5.13 Å². The monoisotopic (exact) mass is 332 g/mol. The summed E-state index contributed by atoms with van der Waals surface area (Å²) in [4.78, 5) is 16.2. The fourth-order valence-electron chi connectivity index (χ4n) is 1.81. The zero-order valence-electron chi connectivity index (χ0n) is 9.76. The molecular weight excluding hydrogens is 324 g/mol. The third-order valence-corrected chi connectivity index (χ3v) is 4.10. The third kappa shape index (κ3) is 2.67. The summed E-state index contributed by atoms with van der Waals surface area (Å²) in [6.07, 6.45) is 1.67. The van der Waals surface area contributed by atoms with Crippen LogP contribution in [0.3, 0.4) is 0 Å². The first kappa shape index (κ1) is 12.3. The van der Waals surface area contributed by atoms with E-state index in [0.29, 0.717) is 10.7 Å². The smallest absolute Gasteiger partial charge is 0.257 e. The maximum atomic E-state index is 12.1. The van der Waals surface area contributed by atoms with Gasteiger partial charge in [0.2, 0.25) is 0 Å². The number of aromatic nitrogens is 1. The standard InChI is InChI=1S/C14H9BrN2OS/c15-12-8-16-14(19-12)17-13(18)11-6-5-9-3-1-2-4-10(9)7-11/h1-8H,(H,16,17,18). The first-order valence-electron chi connectivity index (χ1n) is 5.64. The molecule has 0 atom stereocenters. The molecule has 0 radical (unpaired) electrons. The van der Waals surface area contributed by atoms with E-state index in [2.05, 4.69) is 26.2 Å². The van der Waals surface area contributed by atoms with Gasteiger partial charge in [-0.2, -0.15) is 0 Å². The van der Waals surface area contributed by atoms with Crippen molar-refractivity contribution >= 4 is 49.1 Å². The minimum atomic E-state index is -0.146. The van der Waals surface area contributed by atoms with Crippen molar-refractivity contribution in [1.29, 1.82) is 0 Å². The number of nitrogens with one attached hydrogen (secondary N) is 1. The molecule has 0 aliphatic rings. The lowest BCUT2D eigenvalue weighted by molar-refractivity contribution is 0.102. The van der Waals surface area contributed by atoms with Crippen molar-refractivity contribution in [3.8, 4) is 0 Å². The van der Waals surface area contributed by atoms with Crippen molar-refractivity contribution in [3.05, 3.63) is 58.0 Å². The number of carbonyl (C=O) groups excluding carboxylic acids is 1. The number of benzene rings is 2. The van der Waals surface area contributed by atoms with Gasteiger partial charge in [-0.05, 0) is 38.8 Å². The van der Waals surface area contributed by atoms with Gasteiger partial charge in [-0.1, -0.05) is 41.7 Å². The molecule has 3 nitrogen and oxygen atoms in total. The van der Waals surface area contributed by atoms with Crippen molar-refractivity contribution in [2.45, 2.75) is 0 Å². The van der Waals surface area contributed by atoms with Crippen LogP contribution in [0.5, 0.6) is 0 Å². The van der Waals surface area contributed by atoms with E-state index in [4.69, 9.17) is 0 Å². The molecule has 1 N–H and O–H groups in total. The molecule has 19 heavy (non-hydrogen) atoms. The molecule has 5 heteroatoms. The Bertz CT molecular complexity index is 754. The number of hydrogen-bond acceptors (Lipinski definition) is 3. The van der Waals surface area contributed by atoms with Gasteiger partial charge in [-0.15, -0.1) is 0 Å². The Morgan fingerprint density at radius 2 is 1.95 bits per heavy atom. The molecule has 0 unspecified atom stereocenters. The highest BCUT2D eigenvalue weighted by molar-refractivity contribution is 9.11. The molecular formula is C14H9BrN2OS. The first-order chi connectivity index (χ1) is 9.22. The van der Waals surface area contributed by atoms with Crippen LogP contribution in [0.4, 0.5) is 5.13 Å². The zero-order valence-corrected chi connectivity index (χ0v) is 12.2. The number of fused-ring (bicyclic) bond motifs is 1. The van der Waals surface area contributed by atoms with E-state index < -0.39 is 0 Å². The average Bonchev–Trinajstić information content (AvgIpc) is 2.83. The second kappa shape index (κ2) is 5.11. The summed E-state index contributed by atoms with van der Waals surface area (Å²) < 4.78 is 0.890. The summed E-state index contributed by atoms with van der Waals surface area (Å²) in [5, 5.41) is 5.54. The fraction of sp³-hybridized carbons (Fsp3) is 0. The van der Waals surface area contributed by atoms with Crippen LogP contribution in [0.2, 0.25) is 0 Å². The van der Waals surface area contributed by atoms with Gasteiger partial charge in [-0.3, -0.25) is 10.1 Å². The Morgan fingerprint density at radius 1 is 1.16 bits per heavy atom. The molecule has 0 saturated heterocycles. The van der Waals surface area contributed by atoms with Gasteiger partial charge in [0.05, 0.1) is 9.98 Å². The second-order valence-electron chi connectivity index (χ2n) is 3.99. The van der Waals surface area contributed by atoms with Crippen LogP contribution in [-0.2, 0) is 0 Å².